The molecule has 78 valence electrons. The van der Waals surface area contributed by atoms with E-state index in [0.717, 1.165) is 16.1 Å². The first kappa shape index (κ1) is 11.3. The van der Waals surface area contributed by atoms with Gasteiger partial charge in [-0.05, 0) is 30.8 Å². The van der Waals surface area contributed by atoms with Crippen LogP contribution in [0.5, 0.6) is 0 Å². The number of hydrogen-bond acceptors (Lipinski definition) is 4. The quantitative estimate of drug-likeness (QED) is 0.780. The van der Waals surface area contributed by atoms with Crippen LogP contribution in [0.3, 0.4) is 0 Å². The highest BCUT2D eigenvalue weighted by molar-refractivity contribution is 7.05. The largest absolute Gasteiger partial charge is 0.387 e. The maximum Gasteiger partial charge on any atom is 0.0953 e. The van der Waals surface area contributed by atoms with Gasteiger partial charge in [0.15, 0.2) is 0 Å². The normalized spacial score (nSPS) is 13.2. The highest BCUT2D eigenvalue weighted by Crippen LogP contribution is 2.29. The monoisotopic (exact) mass is 212 g/mol. The van der Waals surface area contributed by atoms with Crippen LogP contribution in [-0.4, -0.2) is 14.7 Å². The van der Waals surface area contributed by atoms with E-state index in [2.05, 4.69) is 16.2 Å². The minimum Gasteiger partial charge on any atom is -0.387 e. The van der Waals surface area contributed by atoms with Gasteiger partial charge in [0, 0.05) is 0 Å². The third kappa shape index (κ3) is 2.62. The molecule has 0 fully saturated rings. The Morgan fingerprint density at radius 3 is 2.71 bits per heavy atom. The number of aliphatic hydroxyl groups is 1. The summed E-state index contributed by atoms with van der Waals surface area (Å²) in [5.41, 5.74) is 1.88. The minimum absolute atomic E-state index is 0.309. The Bertz CT molecular complexity index is 320. The molecular formula is C10H16N2OS. The van der Waals surface area contributed by atoms with Crippen molar-refractivity contribution >= 4 is 11.5 Å². The van der Waals surface area contributed by atoms with Crippen LogP contribution in [0.4, 0.5) is 0 Å². The Morgan fingerprint density at radius 1 is 1.57 bits per heavy atom. The average molecular weight is 212 g/mol. The van der Waals surface area contributed by atoms with Gasteiger partial charge >= 0.3 is 0 Å². The highest BCUT2D eigenvalue weighted by Gasteiger charge is 2.18. The van der Waals surface area contributed by atoms with Crippen molar-refractivity contribution in [3.63, 3.8) is 0 Å². The summed E-state index contributed by atoms with van der Waals surface area (Å²) >= 11 is 1.28. The minimum atomic E-state index is -0.495. The molecule has 0 bridgehead atoms. The molecule has 0 aliphatic heterocycles. The van der Waals surface area contributed by atoms with Crippen molar-refractivity contribution in [1.29, 1.82) is 0 Å². The summed E-state index contributed by atoms with van der Waals surface area (Å²) < 4.78 is 3.87. The van der Waals surface area contributed by atoms with Crippen molar-refractivity contribution in [2.75, 3.05) is 0 Å². The molecule has 1 heterocycles. The Kier molecular flexibility index (Phi) is 3.77. The lowest BCUT2D eigenvalue weighted by atomic mass is 10.0. The van der Waals surface area contributed by atoms with Gasteiger partial charge in [0.2, 0.25) is 0 Å². The van der Waals surface area contributed by atoms with Gasteiger partial charge in [-0.25, -0.2) is 0 Å². The molecule has 1 atom stereocenters. The Balaban J connectivity index is 2.83. The lowest BCUT2D eigenvalue weighted by molar-refractivity contribution is 0.180. The smallest absolute Gasteiger partial charge is 0.0953 e. The van der Waals surface area contributed by atoms with Crippen LogP contribution in [0, 0.1) is 0 Å². The van der Waals surface area contributed by atoms with Crippen molar-refractivity contribution in [3.05, 3.63) is 22.7 Å². The first-order valence-electron chi connectivity index (χ1n) is 4.67. The summed E-state index contributed by atoms with van der Waals surface area (Å²) in [5, 5.41) is 13.9. The van der Waals surface area contributed by atoms with Crippen LogP contribution in [0.25, 0.3) is 0 Å². The van der Waals surface area contributed by atoms with E-state index in [-0.39, 0.29) is 0 Å². The molecule has 1 rings (SSSR count). The van der Waals surface area contributed by atoms with Gasteiger partial charge in [0.25, 0.3) is 0 Å². The summed E-state index contributed by atoms with van der Waals surface area (Å²) in [6.45, 7) is 9.79. The van der Waals surface area contributed by atoms with Crippen LogP contribution >= 0.6 is 11.5 Å². The molecule has 0 aliphatic rings. The summed E-state index contributed by atoms with van der Waals surface area (Å²) in [4.78, 5) is 0.878. The van der Waals surface area contributed by atoms with Crippen LogP contribution in [0.1, 0.15) is 49.8 Å². The van der Waals surface area contributed by atoms with Crippen molar-refractivity contribution in [2.45, 2.75) is 39.2 Å². The number of nitrogens with zero attached hydrogens (tertiary/aromatic N) is 2. The van der Waals surface area contributed by atoms with Crippen LogP contribution in [-0.2, 0) is 0 Å². The third-order valence-electron chi connectivity index (χ3n) is 1.93. The lowest BCUT2D eigenvalue weighted by Gasteiger charge is -2.10. The standard InChI is InChI=1S/C10H16N2OS/c1-6(2)5-8(13)10-9(7(3)4)11-12-14-10/h7-8,13H,1,5H2,2-4H3. The van der Waals surface area contributed by atoms with Gasteiger partial charge in [0.05, 0.1) is 16.7 Å². The lowest BCUT2D eigenvalue weighted by Crippen LogP contribution is -2.01. The molecular weight excluding hydrogens is 196 g/mol. The second-order valence-electron chi connectivity index (χ2n) is 3.85. The predicted molar refractivity (Wildman–Crippen MR) is 58.4 cm³/mol. The van der Waals surface area contributed by atoms with Gasteiger partial charge in [0.1, 0.15) is 0 Å². The van der Waals surface area contributed by atoms with E-state index in [9.17, 15) is 5.11 Å². The average Bonchev–Trinajstić information content (AvgIpc) is 2.49. The molecule has 3 nitrogen and oxygen atoms in total. The molecule has 1 N–H and O–H groups in total. The van der Waals surface area contributed by atoms with E-state index in [1.165, 1.54) is 11.5 Å². The number of aliphatic hydroxyl groups excluding tert-OH is 1. The Labute approximate surface area is 88.6 Å². The molecule has 0 spiro atoms. The highest BCUT2D eigenvalue weighted by atomic mass is 32.1. The fourth-order valence-corrected chi connectivity index (χ4v) is 2.05. The number of rotatable bonds is 4. The molecule has 1 aromatic heterocycles. The van der Waals surface area contributed by atoms with Gasteiger partial charge in [-0.3, -0.25) is 0 Å². The van der Waals surface area contributed by atoms with E-state index < -0.39 is 6.10 Å². The second kappa shape index (κ2) is 4.66. The van der Waals surface area contributed by atoms with Gasteiger partial charge in [-0.2, -0.15) is 0 Å². The summed E-state index contributed by atoms with van der Waals surface area (Å²) in [5.74, 6) is 0.309. The zero-order valence-corrected chi connectivity index (χ0v) is 9.64. The summed E-state index contributed by atoms with van der Waals surface area (Å²) in [6, 6.07) is 0. The van der Waals surface area contributed by atoms with Crippen LogP contribution < -0.4 is 0 Å². The molecule has 1 aromatic rings. The van der Waals surface area contributed by atoms with Crippen LogP contribution in [0.15, 0.2) is 12.2 Å². The fourth-order valence-electron chi connectivity index (χ4n) is 1.26. The maximum absolute atomic E-state index is 9.88. The fraction of sp³-hybridized carbons (Fsp3) is 0.600. The second-order valence-corrected chi connectivity index (χ2v) is 4.64. The first-order valence-corrected chi connectivity index (χ1v) is 5.44. The predicted octanol–water partition coefficient (Wildman–Crippen LogP) is 2.66. The summed E-state index contributed by atoms with van der Waals surface area (Å²) in [7, 11) is 0. The number of aromatic nitrogens is 2. The SMILES string of the molecule is C=C(C)CC(O)c1snnc1C(C)C. The van der Waals surface area contributed by atoms with Gasteiger partial charge < -0.3 is 5.11 Å². The van der Waals surface area contributed by atoms with E-state index in [0.29, 0.717) is 12.3 Å². The van der Waals surface area contributed by atoms with E-state index in [1.807, 2.05) is 20.8 Å². The summed E-state index contributed by atoms with van der Waals surface area (Å²) in [6.07, 6.45) is 0.0914. The van der Waals surface area contributed by atoms with Gasteiger partial charge in [-0.1, -0.05) is 23.9 Å². The molecule has 14 heavy (non-hydrogen) atoms. The van der Waals surface area contributed by atoms with Gasteiger partial charge in [-0.15, -0.1) is 11.7 Å². The molecule has 4 heteroatoms. The van der Waals surface area contributed by atoms with Crippen molar-refractivity contribution < 1.29 is 5.11 Å². The molecule has 0 saturated heterocycles. The molecule has 0 saturated carbocycles. The van der Waals surface area contributed by atoms with Crippen molar-refractivity contribution in [3.8, 4) is 0 Å². The molecule has 1 unspecified atom stereocenters. The first-order chi connectivity index (χ1) is 6.52. The molecule has 0 radical (unpaired) electrons. The zero-order valence-electron chi connectivity index (χ0n) is 8.82. The van der Waals surface area contributed by atoms with Crippen molar-refractivity contribution in [2.24, 2.45) is 0 Å². The van der Waals surface area contributed by atoms with E-state index >= 15 is 0 Å². The van der Waals surface area contributed by atoms with Crippen LogP contribution in [0.2, 0.25) is 0 Å². The Morgan fingerprint density at radius 2 is 2.21 bits per heavy atom. The number of hydrogen-bond donors (Lipinski definition) is 1. The molecule has 0 aromatic carbocycles. The maximum atomic E-state index is 9.88. The topological polar surface area (TPSA) is 46.0 Å². The molecule has 0 amide bonds. The van der Waals surface area contributed by atoms with E-state index in [4.69, 9.17) is 0 Å². The Hall–Kier alpha value is -0.740. The molecule has 0 aliphatic carbocycles. The zero-order chi connectivity index (χ0) is 10.7. The third-order valence-corrected chi connectivity index (χ3v) is 2.77. The van der Waals surface area contributed by atoms with E-state index in [1.54, 1.807) is 0 Å². The van der Waals surface area contributed by atoms with Crippen molar-refractivity contribution in [1.82, 2.24) is 9.59 Å².